The molecule has 2 aromatic heterocycles. The van der Waals surface area contributed by atoms with Gasteiger partial charge in [-0.05, 0) is 13.0 Å². The van der Waals surface area contributed by atoms with Crippen molar-refractivity contribution < 1.29 is 9.90 Å². The summed E-state index contributed by atoms with van der Waals surface area (Å²) in [6.07, 6.45) is 0. The molecule has 0 saturated carbocycles. The van der Waals surface area contributed by atoms with Crippen LogP contribution in [0.2, 0.25) is 0 Å². The maximum absolute atomic E-state index is 10.8. The lowest BCUT2D eigenvalue weighted by Gasteiger charge is -2.00. The fourth-order valence-electron chi connectivity index (χ4n) is 1.53. The van der Waals surface area contributed by atoms with Gasteiger partial charge in [0.05, 0.1) is 5.69 Å². The lowest BCUT2D eigenvalue weighted by Crippen LogP contribution is -2.05. The van der Waals surface area contributed by atoms with E-state index >= 15 is 0 Å². The van der Waals surface area contributed by atoms with Gasteiger partial charge in [-0.2, -0.15) is 5.10 Å². The zero-order chi connectivity index (χ0) is 11.2. The Balaban J connectivity index is 2.85. The van der Waals surface area contributed by atoms with Crippen LogP contribution in [0, 0.1) is 6.92 Å². The summed E-state index contributed by atoms with van der Waals surface area (Å²) in [6.45, 7) is 1.80. The highest BCUT2D eigenvalue weighted by molar-refractivity contribution is 5.97. The van der Waals surface area contributed by atoms with Crippen molar-refractivity contribution in [1.82, 2.24) is 14.8 Å². The van der Waals surface area contributed by atoms with E-state index in [4.69, 9.17) is 10.8 Å². The highest BCUT2D eigenvalue weighted by atomic mass is 16.4. The molecule has 0 saturated heterocycles. The molecule has 0 atom stereocenters. The second-order valence-corrected chi connectivity index (χ2v) is 3.31. The number of pyridine rings is 1. The van der Waals surface area contributed by atoms with E-state index in [1.807, 2.05) is 0 Å². The van der Waals surface area contributed by atoms with E-state index in [1.165, 1.54) is 6.07 Å². The normalized spacial score (nSPS) is 10.8. The average Bonchev–Trinajstić information content (AvgIpc) is 2.41. The molecule has 0 aliphatic carbocycles. The molecule has 0 spiro atoms. The Morgan fingerprint density at radius 1 is 1.60 bits per heavy atom. The largest absolute Gasteiger partial charge is 0.478 e. The number of hydrogen-bond donors (Lipinski definition) is 2. The first-order chi connectivity index (χ1) is 7.00. The maximum atomic E-state index is 10.8. The van der Waals surface area contributed by atoms with Crippen molar-refractivity contribution >= 4 is 22.8 Å². The van der Waals surface area contributed by atoms with Crippen molar-refractivity contribution in [2.75, 3.05) is 5.73 Å². The topological polar surface area (TPSA) is 94.0 Å². The van der Waals surface area contributed by atoms with Crippen LogP contribution >= 0.6 is 0 Å². The third kappa shape index (κ3) is 1.30. The average molecular weight is 206 g/mol. The van der Waals surface area contributed by atoms with E-state index in [0.29, 0.717) is 11.0 Å². The van der Waals surface area contributed by atoms with Crippen LogP contribution in [0.15, 0.2) is 6.07 Å². The predicted molar refractivity (Wildman–Crippen MR) is 54.6 cm³/mol. The van der Waals surface area contributed by atoms with E-state index in [0.717, 1.165) is 5.69 Å². The fourth-order valence-corrected chi connectivity index (χ4v) is 1.53. The Morgan fingerprint density at radius 3 is 2.87 bits per heavy atom. The van der Waals surface area contributed by atoms with E-state index in [2.05, 4.69) is 10.1 Å². The lowest BCUT2D eigenvalue weighted by molar-refractivity contribution is 0.0698. The molecule has 2 rings (SSSR count). The number of carboxylic acids is 1. The van der Waals surface area contributed by atoms with Crippen LogP contribution < -0.4 is 5.73 Å². The Labute approximate surface area is 85.3 Å². The van der Waals surface area contributed by atoms with Crippen molar-refractivity contribution in [2.45, 2.75) is 6.92 Å². The first-order valence-corrected chi connectivity index (χ1v) is 4.34. The number of aromatic carboxylic acids is 1. The molecule has 2 heterocycles. The van der Waals surface area contributed by atoms with E-state index in [1.54, 1.807) is 18.7 Å². The molecule has 0 aliphatic heterocycles. The standard InChI is InChI=1S/C9H10N4O2/c1-4-5-3-6(9(14)15)7(10)11-8(5)13(2)12-4/h3H,1-2H3,(H2,10,11)(H,14,15). The molecule has 6 heteroatoms. The second-order valence-electron chi connectivity index (χ2n) is 3.31. The summed E-state index contributed by atoms with van der Waals surface area (Å²) in [5, 5.41) is 13.7. The first kappa shape index (κ1) is 9.45. The van der Waals surface area contributed by atoms with Crippen LogP contribution in [0.4, 0.5) is 5.82 Å². The van der Waals surface area contributed by atoms with Gasteiger partial charge in [-0.25, -0.2) is 9.78 Å². The minimum atomic E-state index is -1.08. The van der Waals surface area contributed by atoms with Gasteiger partial charge < -0.3 is 10.8 Å². The van der Waals surface area contributed by atoms with Crippen molar-refractivity contribution in [2.24, 2.45) is 7.05 Å². The number of hydrogen-bond acceptors (Lipinski definition) is 4. The van der Waals surface area contributed by atoms with Crippen LogP contribution in [-0.2, 0) is 7.05 Å². The van der Waals surface area contributed by atoms with Crippen LogP contribution in [0.1, 0.15) is 16.1 Å². The fraction of sp³-hybridized carbons (Fsp3) is 0.222. The monoisotopic (exact) mass is 206 g/mol. The summed E-state index contributed by atoms with van der Waals surface area (Å²) in [6, 6.07) is 1.50. The molecular weight excluding hydrogens is 196 g/mol. The van der Waals surface area contributed by atoms with Crippen molar-refractivity contribution in [3.8, 4) is 0 Å². The van der Waals surface area contributed by atoms with Gasteiger partial charge in [-0.15, -0.1) is 0 Å². The number of carboxylic acid groups (broad SMARTS) is 1. The van der Waals surface area contributed by atoms with Gasteiger partial charge in [0.15, 0.2) is 5.65 Å². The number of fused-ring (bicyclic) bond motifs is 1. The Kier molecular flexibility index (Phi) is 1.85. The minimum Gasteiger partial charge on any atom is -0.478 e. The molecule has 0 unspecified atom stereocenters. The highest BCUT2D eigenvalue weighted by Crippen LogP contribution is 2.20. The van der Waals surface area contributed by atoms with Gasteiger partial charge in [-0.3, -0.25) is 4.68 Å². The summed E-state index contributed by atoms with van der Waals surface area (Å²) in [5.41, 5.74) is 6.88. The minimum absolute atomic E-state index is 0.0120. The van der Waals surface area contributed by atoms with Gasteiger partial charge in [0.25, 0.3) is 0 Å². The van der Waals surface area contributed by atoms with E-state index < -0.39 is 5.97 Å². The van der Waals surface area contributed by atoms with Crippen LogP contribution in [0.3, 0.4) is 0 Å². The number of carbonyl (C=O) groups is 1. The zero-order valence-electron chi connectivity index (χ0n) is 8.35. The van der Waals surface area contributed by atoms with E-state index in [-0.39, 0.29) is 11.4 Å². The molecule has 2 aromatic rings. The number of aryl methyl sites for hydroxylation is 2. The molecule has 0 radical (unpaired) electrons. The third-order valence-electron chi connectivity index (χ3n) is 2.26. The Hall–Kier alpha value is -2.11. The van der Waals surface area contributed by atoms with Crippen molar-refractivity contribution in [3.63, 3.8) is 0 Å². The van der Waals surface area contributed by atoms with Crippen LogP contribution in [-0.4, -0.2) is 25.8 Å². The maximum Gasteiger partial charge on any atom is 0.339 e. The number of nitrogens with zero attached hydrogens (tertiary/aromatic N) is 3. The molecule has 78 valence electrons. The van der Waals surface area contributed by atoms with Crippen LogP contribution in [0.25, 0.3) is 11.0 Å². The molecule has 0 bridgehead atoms. The number of nitrogen functional groups attached to an aromatic ring is 1. The molecule has 0 aromatic carbocycles. The summed E-state index contributed by atoms with van der Waals surface area (Å²) in [4.78, 5) is 14.9. The Bertz CT molecular complexity index is 559. The summed E-state index contributed by atoms with van der Waals surface area (Å²) >= 11 is 0. The summed E-state index contributed by atoms with van der Waals surface area (Å²) in [7, 11) is 1.74. The highest BCUT2D eigenvalue weighted by Gasteiger charge is 2.14. The second kappa shape index (κ2) is 2.94. The van der Waals surface area contributed by atoms with Gasteiger partial charge in [0, 0.05) is 12.4 Å². The number of rotatable bonds is 1. The zero-order valence-corrected chi connectivity index (χ0v) is 8.35. The van der Waals surface area contributed by atoms with Crippen LogP contribution in [0.5, 0.6) is 0 Å². The summed E-state index contributed by atoms with van der Waals surface area (Å²) in [5.74, 6) is -1.07. The smallest absolute Gasteiger partial charge is 0.339 e. The van der Waals surface area contributed by atoms with Gasteiger partial charge in [0.2, 0.25) is 0 Å². The van der Waals surface area contributed by atoms with Gasteiger partial charge >= 0.3 is 5.97 Å². The first-order valence-electron chi connectivity index (χ1n) is 4.34. The number of aromatic nitrogens is 3. The molecule has 0 aliphatic rings. The lowest BCUT2D eigenvalue weighted by atomic mass is 10.2. The quantitative estimate of drug-likeness (QED) is 0.710. The molecular formula is C9H10N4O2. The van der Waals surface area contributed by atoms with Gasteiger partial charge in [0.1, 0.15) is 11.4 Å². The SMILES string of the molecule is Cc1nn(C)c2nc(N)c(C(=O)O)cc12. The molecule has 6 nitrogen and oxygen atoms in total. The predicted octanol–water partition coefficient (Wildman–Crippen LogP) is 0.557. The number of anilines is 1. The molecule has 0 fully saturated rings. The van der Waals surface area contributed by atoms with Gasteiger partial charge in [-0.1, -0.05) is 0 Å². The third-order valence-corrected chi connectivity index (χ3v) is 2.26. The molecule has 0 amide bonds. The molecule has 3 N–H and O–H groups in total. The van der Waals surface area contributed by atoms with E-state index in [9.17, 15) is 4.79 Å². The van der Waals surface area contributed by atoms with Crippen molar-refractivity contribution in [3.05, 3.63) is 17.3 Å². The summed E-state index contributed by atoms with van der Waals surface area (Å²) < 4.78 is 1.58. The molecule has 15 heavy (non-hydrogen) atoms. The Morgan fingerprint density at radius 2 is 2.27 bits per heavy atom. The number of nitrogens with two attached hydrogens (primary N) is 1. The van der Waals surface area contributed by atoms with Crippen molar-refractivity contribution in [1.29, 1.82) is 0 Å².